The van der Waals surface area contributed by atoms with Crippen LogP contribution in [0.1, 0.15) is 45.4 Å². The third kappa shape index (κ3) is 6.17. The summed E-state index contributed by atoms with van der Waals surface area (Å²) < 4.78 is 27.7. The number of hydrogen-bond acceptors (Lipinski definition) is 5. The molecular weight excluding hydrogens is 430 g/mol. The second-order valence-electron chi connectivity index (χ2n) is 8.14. The summed E-state index contributed by atoms with van der Waals surface area (Å²) in [4.78, 5) is 15.0. The van der Waals surface area contributed by atoms with Crippen molar-refractivity contribution in [2.75, 3.05) is 39.3 Å². The minimum Gasteiger partial charge on any atom is -0.355 e. The first-order valence-corrected chi connectivity index (χ1v) is 13.3. The van der Waals surface area contributed by atoms with Gasteiger partial charge in [-0.3, -0.25) is 4.79 Å². The van der Waals surface area contributed by atoms with Crippen molar-refractivity contribution in [2.45, 2.75) is 49.7 Å². The molecule has 2 aliphatic rings. The molecule has 1 atom stereocenters. The third-order valence-electron chi connectivity index (χ3n) is 6.19. The van der Waals surface area contributed by atoms with Gasteiger partial charge in [0, 0.05) is 32.1 Å². The zero-order valence-electron chi connectivity index (χ0n) is 17.1. The molecule has 164 valence electrons. The highest BCUT2D eigenvalue weighted by Crippen LogP contribution is 2.32. The average molecular weight is 462 g/mol. The Bertz CT molecular complexity index is 768. The van der Waals surface area contributed by atoms with Gasteiger partial charge in [-0.2, -0.15) is 4.31 Å². The fourth-order valence-corrected chi connectivity index (χ4v) is 7.36. The molecule has 2 saturated heterocycles. The van der Waals surface area contributed by atoms with Crippen molar-refractivity contribution in [2.24, 2.45) is 11.8 Å². The molecule has 9 heteroatoms. The van der Waals surface area contributed by atoms with Crippen LogP contribution in [0.3, 0.4) is 0 Å². The molecule has 0 unspecified atom stereocenters. The van der Waals surface area contributed by atoms with E-state index in [4.69, 9.17) is 11.6 Å². The second kappa shape index (κ2) is 10.6. The highest BCUT2D eigenvalue weighted by atomic mass is 35.5. The molecule has 0 bridgehead atoms. The maximum Gasteiger partial charge on any atom is 0.252 e. The van der Waals surface area contributed by atoms with Gasteiger partial charge in [-0.15, -0.1) is 11.3 Å². The van der Waals surface area contributed by atoms with Crippen LogP contribution in [0.15, 0.2) is 16.3 Å². The van der Waals surface area contributed by atoms with Gasteiger partial charge in [0.15, 0.2) is 0 Å². The Morgan fingerprint density at radius 2 is 1.83 bits per heavy atom. The second-order valence-corrected chi connectivity index (χ2v) is 12.0. The van der Waals surface area contributed by atoms with Crippen LogP contribution in [-0.2, 0) is 14.8 Å². The number of thiophene rings is 1. The monoisotopic (exact) mass is 461 g/mol. The highest BCUT2D eigenvalue weighted by molar-refractivity contribution is 7.91. The third-order valence-corrected chi connectivity index (χ3v) is 9.79. The van der Waals surface area contributed by atoms with Crippen LogP contribution in [0.25, 0.3) is 0 Å². The van der Waals surface area contributed by atoms with E-state index >= 15 is 0 Å². The lowest BCUT2D eigenvalue weighted by atomic mass is 9.85. The summed E-state index contributed by atoms with van der Waals surface area (Å²) in [6.07, 6.45) is 6.55. The minimum atomic E-state index is -3.48. The molecule has 1 aromatic heterocycles. The molecule has 0 spiro atoms. The summed E-state index contributed by atoms with van der Waals surface area (Å²) in [6, 6.07) is 3.18. The average Bonchev–Trinajstić information content (AvgIpc) is 3.00. The zero-order valence-corrected chi connectivity index (χ0v) is 19.5. The first kappa shape index (κ1) is 23.0. The van der Waals surface area contributed by atoms with Crippen molar-refractivity contribution in [3.05, 3.63) is 16.5 Å². The van der Waals surface area contributed by atoms with Crippen molar-refractivity contribution < 1.29 is 13.2 Å². The van der Waals surface area contributed by atoms with Gasteiger partial charge < -0.3 is 10.2 Å². The van der Waals surface area contributed by atoms with Crippen LogP contribution in [0.5, 0.6) is 0 Å². The number of carbonyl (C=O) groups is 1. The van der Waals surface area contributed by atoms with Gasteiger partial charge >= 0.3 is 0 Å². The van der Waals surface area contributed by atoms with Gasteiger partial charge in [0.1, 0.15) is 4.21 Å². The summed E-state index contributed by atoms with van der Waals surface area (Å²) in [5.41, 5.74) is 0. The van der Waals surface area contributed by atoms with E-state index in [9.17, 15) is 13.2 Å². The lowest BCUT2D eigenvalue weighted by molar-refractivity contribution is -0.126. The molecule has 3 rings (SSSR count). The van der Waals surface area contributed by atoms with Crippen molar-refractivity contribution in [1.29, 1.82) is 0 Å². The largest absolute Gasteiger partial charge is 0.355 e. The maximum atomic E-state index is 12.7. The van der Waals surface area contributed by atoms with E-state index in [-0.39, 0.29) is 17.7 Å². The van der Waals surface area contributed by atoms with E-state index in [1.54, 1.807) is 12.1 Å². The Kier molecular flexibility index (Phi) is 8.39. The van der Waals surface area contributed by atoms with Crippen LogP contribution in [-0.4, -0.2) is 62.8 Å². The highest BCUT2D eigenvalue weighted by Gasteiger charge is 2.34. The van der Waals surface area contributed by atoms with Crippen LogP contribution in [0.2, 0.25) is 4.34 Å². The molecule has 0 aliphatic carbocycles. The number of piperidine rings is 1. The quantitative estimate of drug-likeness (QED) is 0.675. The van der Waals surface area contributed by atoms with Gasteiger partial charge in [-0.1, -0.05) is 31.4 Å². The number of nitrogens with zero attached hydrogens (tertiary/aromatic N) is 2. The molecule has 0 radical (unpaired) electrons. The summed E-state index contributed by atoms with van der Waals surface area (Å²) >= 11 is 6.98. The molecule has 1 aromatic rings. The van der Waals surface area contributed by atoms with E-state index in [0.717, 1.165) is 31.0 Å². The predicted octanol–water partition coefficient (Wildman–Crippen LogP) is 3.43. The van der Waals surface area contributed by atoms with E-state index in [1.165, 1.54) is 30.0 Å². The molecule has 2 fully saturated rings. The molecule has 1 N–H and O–H groups in total. The van der Waals surface area contributed by atoms with Gasteiger partial charge in [0.05, 0.1) is 4.34 Å². The molecule has 0 saturated carbocycles. The standard InChI is InChI=1S/C20H32ClN3O3S2/c1-16(20(25)22-10-15-23-11-4-2-3-5-12-23)17-8-13-24(14-9-17)29(26,27)19-7-6-18(21)28-19/h6-7,16-17H,2-5,8-15H2,1H3,(H,22,25)/t16-/m1/s1. The fourth-order valence-electron chi connectivity index (χ4n) is 4.25. The molecule has 2 aliphatic heterocycles. The van der Waals surface area contributed by atoms with Crippen LogP contribution in [0.4, 0.5) is 0 Å². The Morgan fingerprint density at radius 3 is 2.41 bits per heavy atom. The molecule has 0 aromatic carbocycles. The molecule has 6 nitrogen and oxygen atoms in total. The van der Waals surface area contributed by atoms with Crippen molar-refractivity contribution >= 4 is 38.9 Å². The van der Waals surface area contributed by atoms with Crippen molar-refractivity contribution in [3.8, 4) is 0 Å². The number of halogens is 1. The molecule has 1 amide bonds. The van der Waals surface area contributed by atoms with Gasteiger partial charge in [0.2, 0.25) is 5.91 Å². The Balaban J connectivity index is 1.43. The Morgan fingerprint density at radius 1 is 1.17 bits per heavy atom. The number of hydrogen-bond donors (Lipinski definition) is 1. The van der Waals surface area contributed by atoms with Gasteiger partial charge in [-0.25, -0.2) is 8.42 Å². The van der Waals surface area contributed by atoms with Crippen molar-refractivity contribution in [1.82, 2.24) is 14.5 Å². The first-order valence-electron chi connectivity index (χ1n) is 10.6. The summed E-state index contributed by atoms with van der Waals surface area (Å²) in [7, 11) is -3.48. The van der Waals surface area contributed by atoms with Crippen LogP contribution >= 0.6 is 22.9 Å². The SMILES string of the molecule is C[C@@H](C(=O)NCCN1CCCCCC1)C1CCN(S(=O)(=O)c2ccc(Cl)s2)CC1. The van der Waals surface area contributed by atoms with Gasteiger partial charge in [0.25, 0.3) is 10.0 Å². The van der Waals surface area contributed by atoms with E-state index in [2.05, 4.69) is 10.2 Å². The number of sulfonamides is 1. The summed E-state index contributed by atoms with van der Waals surface area (Å²) in [5, 5.41) is 3.09. The lowest BCUT2D eigenvalue weighted by Crippen LogP contribution is -2.43. The molecule has 29 heavy (non-hydrogen) atoms. The molecular formula is C20H32ClN3O3S2. The fraction of sp³-hybridized carbons (Fsp3) is 0.750. The number of likely N-dealkylation sites (tertiary alicyclic amines) is 1. The van der Waals surface area contributed by atoms with Gasteiger partial charge in [-0.05, 0) is 56.8 Å². The maximum absolute atomic E-state index is 12.7. The lowest BCUT2D eigenvalue weighted by Gasteiger charge is -2.33. The number of rotatable bonds is 7. The topological polar surface area (TPSA) is 69.7 Å². The summed E-state index contributed by atoms with van der Waals surface area (Å²) in [5.74, 6) is 0.206. The van der Waals surface area contributed by atoms with E-state index in [1.807, 2.05) is 6.92 Å². The Hall–Kier alpha value is -0.670. The normalized spacial score (nSPS) is 21.6. The minimum absolute atomic E-state index is 0.0890. The van der Waals surface area contributed by atoms with Crippen LogP contribution in [0, 0.1) is 11.8 Å². The number of nitrogens with one attached hydrogen (secondary N) is 1. The van der Waals surface area contributed by atoms with Crippen molar-refractivity contribution in [3.63, 3.8) is 0 Å². The van der Waals surface area contributed by atoms with E-state index in [0.29, 0.717) is 41.0 Å². The smallest absolute Gasteiger partial charge is 0.252 e. The summed E-state index contributed by atoms with van der Waals surface area (Å²) in [6.45, 7) is 6.74. The van der Waals surface area contributed by atoms with E-state index < -0.39 is 10.0 Å². The predicted molar refractivity (Wildman–Crippen MR) is 118 cm³/mol. The Labute approximate surface area is 183 Å². The molecule has 3 heterocycles. The van der Waals surface area contributed by atoms with Crippen LogP contribution < -0.4 is 5.32 Å². The number of amides is 1. The first-order chi connectivity index (χ1) is 13.9. The zero-order chi connectivity index (χ0) is 20.9. The number of carbonyl (C=O) groups excluding carboxylic acids is 1.